The predicted molar refractivity (Wildman–Crippen MR) is 30.9 cm³/mol. The molecule has 1 aromatic rings. The topological polar surface area (TPSA) is 0 Å². The first-order valence-corrected chi connectivity index (χ1v) is 2.26. The second-order valence-electron chi connectivity index (χ2n) is 1.49. The van der Waals surface area contributed by atoms with Gasteiger partial charge in [0.25, 0.3) is 0 Å². The van der Waals surface area contributed by atoms with Crippen molar-refractivity contribution in [2.45, 2.75) is 0 Å². The number of rotatable bonds is 0. The van der Waals surface area contributed by atoms with Crippen molar-refractivity contribution in [2.24, 2.45) is 0 Å². The van der Waals surface area contributed by atoms with Crippen LogP contribution in [0.25, 0.3) is 0 Å². The van der Waals surface area contributed by atoms with Crippen molar-refractivity contribution in [3.05, 3.63) is 42.8 Å². The maximum Gasteiger partial charge on any atom is 1.00 e. The monoisotopic (exact) mass is 224 g/mol. The van der Waals surface area contributed by atoms with Crippen LogP contribution in [0.15, 0.2) is 30.3 Å². The van der Waals surface area contributed by atoms with Gasteiger partial charge in [0, 0.05) is 0 Å². The number of hydrogen-bond donors (Lipinski definition) is 0. The zero-order valence-corrected chi connectivity index (χ0v) is 11.4. The fourth-order valence-corrected chi connectivity index (χ4v) is 0.478. The van der Waals surface area contributed by atoms with E-state index in [4.69, 9.17) is 0 Å². The zero-order chi connectivity index (χ0) is 5.11. The molecule has 0 unspecified atom stereocenters. The second-order valence-corrected chi connectivity index (χ2v) is 1.49. The van der Waals surface area contributed by atoms with Gasteiger partial charge in [-0.15, -0.1) is 12.1 Å². The summed E-state index contributed by atoms with van der Waals surface area (Å²) in [6.07, 6.45) is 0. The van der Waals surface area contributed by atoms with Crippen LogP contribution < -0.4 is 68.9 Å². The first-order valence-electron chi connectivity index (χ1n) is 2.26. The summed E-state index contributed by atoms with van der Waals surface area (Å²) in [6, 6.07) is 9.87. The van der Waals surface area contributed by atoms with Gasteiger partial charge in [0.15, 0.2) is 0 Å². The van der Waals surface area contributed by atoms with Gasteiger partial charge >= 0.3 is 68.9 Å². The van der Waals surface area contributed by atoms with Crippen LogP contribution in [0, 0.1) is 6.92 Å². The Labute approximate surface area is 109 Å². The summed E-state index contributed by atoms with van der Waals surface area (Å²) in [4.78, 5) is 0. The fraction of sp³-hybridized carbons (Fsp3) is 0. The van der Waals surface area contributed by atoms with Gasteiger partial charge in [0.05, 0.1) is 0 Å². The van der Waals surface area contributed by atoms with Gasteiger partial charge in [-0.3, -0.25) is 0 Å². The van der Waals surface area contributed by atoms with E-state index in [1.54, 1.807) is 0 Å². The molecule has 0 saturated carbocycles. The van der Waals surface area contributed by atoms with Crippen LogP contribution in [-0.2, 0) is 0 Å². The Kier molecular flexibility index (Phi) is 5.68. The Bertz CT molecular complexity index is 134. The summed E-state index contributed by atoms with van der Waals surface area (Å²) < 4.78 is 0. The summed E-state index contributed by atoms with van der Waals surface area (Å²) in [5.41, 5.74) is 1.07. The minimum atomic E-state index is 0. The molecule has 0 bridgehead atoms. The quantitative estimate of drug-likeness (QED) is 0.489. The average molecular weight is 224 g/mol. The molecular formula is C7H7Cs. The predicted octanol–water partition coefficient (Wildman–Crippen LogP) is -1.13. The van der Waals surface area contributed by atoms with Crippen molar-refractivity contribution in [1.82, 2.24) is 0 Å². The summed E-state index contributed by atoms with van der Waals surface area (Å²) >= 11 is 0. The number of benzene rings is 1. The average Bonchev–Trinajstić information content (AvgIpc) is 1.69. The number of hydrogen-bond acceptors (Lipinski definition) is 0. The van der Waals surface area contributed by atoms with Gasteiger partial charge in [-0.2, -0.15) is 24.6 Å². The smallest absolute Gasteiger partial charge is 0.199 e. The molecule has 36 valence electrons. The van der Waals surface area contributed by atoms with Crippen molar-refractivity contribution >= 4 is 0 Å². The van der Waals surface area contributed by atoms with Crippen LogP contribution >= 0.6 is 0 Å². The van der Waals surface area contributed by atoms with Crippen LogP contribution in [0.4, 0.5) is 0 Å². The van der Waals surface area contributed by atoms with Gasteiger partial charge in [0.1, 0.15) is 0 Å². The summed E-state index contributed by atoms with van der Waals surface area (Å²) in [7, 11) is 0. The Hall–Kier alpha value is 1.14. The van der Waals surface area contributed by atoms with E-state index in [0.29, 0.717) is 0 Å². The van der Waals surface area contributed by atoms with Gasteiger partial charge in [0.2, 0.25) is 0 Å². The largest absolute Gasteiger partial charge is 1.00 e. The van der Waals surface area contributed by atoms with Crippen molar-refractivity contribution in [3.8, 4) is 0 Å². The standard InChI is InChI=1S/C7H7.Cs/c1-7-5-3-2-4-6-7;/h2-6H,1H2;/q-1;+1. The first kappa shape index (κ1) is 9.14. The third kappa shape index (κ3) is 3.22. The van der Waals surface area contributed by atoms with E-state index in [0.717, 1.165) is 5.56 Å². The maximum absolute atomic E-state index is 3.72. The van der Waals surface area contributed by atoms with Gasteiger partial charge in [-0.05, 0) is 0 Å². The Morgan fingerprint density at radius 3 is 1.75 bits per heavy atom. The molecule has 0 aliphatic rings. The molecule has 0 atom stereocenters. The van der Waals surface area contributed by atoms with Crippen LogP contribution in [0.1, 0.15) is 5.56 Å². The normalized spacial score (nSPS) is 7.50. The molecule has 1 aromatic carbocycles. The van der Waals surface area contributed by atoms with Crippen LogP contribution in [0.2, 0.25) is 0 Å². The van der Waals surface area contributed by atoms with E-state index in [-0.39, 0.29) is 68.9 Å². The molecule has 0 spiro atoms. The molecule has 0 saturated heterocycles. The Morgan fingerprint density at radius 2 is 1.50 bits per heavy atom. The molecule has 0 heterocycles. The minimum absolute atomic E-state index is 0. The zero-order valence-electron chi connectivity index (χ0n) is 5.09. The molecular weight excluding hydrogens is 217 g/mol. The molecule has 0 aromatic heterocycles. The first-order chi connectivity index (χ1) is 3.39. The van der Waals surface area contributed by atoms with E-state index in [1.807, 2.05) is 30.3 Å². The van der Waals surface area contributed by atoms with Gasteiger partial charge in [-0.1, -0.05) is 6.07 Å². The van der Waals surface area contributed by atoms with E-state index in [9.17, 15) is 0 Å². The molecule has 0 radical (unpaired) electrons. The third-order valence-electron chi connectivity index (χ3n) is 0.843. The molecule has 8 heavy (non-hydrogen) atoms. The van der Waals surface area contributed by atoms with Crippen molar-refractivity contribution in [3.63, 3.8) is 0 Å². The molecule has 0 fully saturated rings. The third-order valence-corrected chi connectivity index (χ3v) is 0.843. The summed E-state index contributed by atoms with van der Waals surface area (Å²) in [5, 5.41) is 0. The Balaban J connectivity index is 0.000000490. The molecule has 0 amide bonds. The molecule has 1 rings (SSSR count). The van der Waals surface area contributed by atoms with E-state index in [2.05, 4.69) is 6.92 Å². The molecule has 0 nitrogen and oxygen atoms in total. The van der Waals surface area contributed by atoms with Gasteiger partial charge < -0.3 is 0 Å². The Morgan fingerprint density at radius 1 is 1.00 bits per heavy atom. The van der Waals surface area contributed by atoms with Crippen molar-refractivity contribution in [2.75, 3.05) is 0 Å². The SMILES string of the molecule is [CH2-]c1ccccc1.[Cs+]. The summed E-state index contributed by atoms with van der Waals surface area (Å²) in [6.45, 7) is 3.72. The van der Waals surface area contributed by atoms with E-state index in [1.165, 1.54) is 0 Å². The molecule has 0 aliphatic carbocycles. The van der Waals surface area contributed by atoms with Crippen LogP contribution in [-0.4, -0.2) is 0 Å². The van der Waals surface area contributed by atoms with Crippen molar-refractivity contribution in [1.29, 1.82) is 0 Å². The summed E-state index contributed by atoms with van der Waals surface area (Å²) in [5.74, 6) is 0. The van der Waals surface area contributed by atoms with Crippen LogP contribution in [0.3, 0.4) is 0 Å². The molecule has 0 N–H and O–H groups in total. The van der Waals surface area contributed by atoms with Gasteiger partial charge in [-0.25, -0.2) is 0 Å². The van der Waals surface area contributed by atoms with Crippen LogP contribution in [0.5, 0.6) is 0 Å². The molecule has 0 aliphatic heterocycles. The maximum atomic E-state index is 3.72. The van der Waals surface area contributed by atoms with E-state index < -0.39 is 0 Å². The minimum Gasteiger partial charge on any atom is -0.199 e. The molecule has 1 heteroatoms. The van der Waals surface area contributed by atoms with E-state index >= 15 is 0 Å². The second kappa shape index (κ2) is 4.97. The van der Waals surface area contributed by atoms with Crippen molar-refractivity contribution < 1.29 is 68.9 Å². The fourth-order valence-electron chi connectivity index (χ4n) is 0.478.